The van der Waals surface area contributed by atoms with Crippen molar-refractivity contribution in [3.8, 4) is 17.4 Å². The molecule has 2 unspecified atom stereocenters. The first kappa shape index (κ1) is 20.3. The van der Waals surface area contributed by atoms with Gasteiger partial charge in [0.15, 0.2) is 12.2 Å². The van der Waals surface area contributed by atoms with Gasteiger partial charge in [-0.2, -0.15) is 5.26 Å². The maximum Gasteiger partial charge on any atom is 0.254 e. The second-order valence-electron chi connectivity index (χ2n) is 7.34. The Kier molecular flexibility index (Phi) is 5.78. The van der Waals surface area contributed by atoms with Crippen molar-refractivity contribution in [2.24, 2.45) is 0 Å². The molecular weight excluding hydrogens is 396 g/mol. The lowest BCUT2D eigenvalue weighted by Gasteiger charge is -2.24. The van der Waals surface area contributed by atoms with E-state index in [1.165, 1.54) is 17.4 Å². The van der Waals surface area contributed by atoms with Crippen molar-refractivity contribution in [3.05, 3.63) is 77.8 Å². The van der Waals surface area contributed by atoms with Crippen molar-refractivity contribution in [2.75, 3.05) is 6.54 Å². The van der Waals surface area contributed by atoms with Crippen molar-refractivity contribution >= 4 is 11.8 Å². The highest BCUT2D eigenvalue weighted by Crippen LogP contribution is 2.22. The van der Waals surface area contributed by atoms with Crippen LogP contribution in [0.25, 0.3) is 11.3 Å². The summed E-state index contributed by atoms with van der Waals surface area (Å²) in [5, 5.41) is 22.0. The van der Waals surface area contributed by atoms with Crippen LogP contribution < -0.4 is 5.32 Å². The van der Waals surface area contributed by atoms with Crippen LogP contribution in [0, 0.1) is 11.3 Å². The number of benzene rings is 2. The molecule has 8 heteroatoms. The molecule has 1 saturated heterocycles. The van der Waals surface area contributed by atoms with Crippen LogP contribution in [0.3, 0.4) is 0 Å². The fourth-order valence-corrected chi connectivity index (χ4v) is 3.63. The Bertz CT molecular complexity index is 1120. The summed E-state index contributed by atoms with van der Waals surface area (Å²) in [5.74, 6) is -0.0593. The van der Waals surface area contributed by atoms with E-state index in [0.717, 1.165) is 11.1 Å². The van der Waals surface area contributed by atoms with Gasteiger partial charge in [-0.25, -0.2) is 4.98 Å². The largest absolute Gasteiger partial charge is 0.444 e. The molecule has 4 rings (SSSR count). The molecule has 2 N–H and O–H groups in total. The van der Waals surface area contributed by atoms with Gasteiger partial charge in [-0.1, -0.05) is 30.3 Å². The molecule has 2 atom stereocenters. The van der Waals surface area contributed by atoms with Gasteiger partial charge in [0.05, 0.1) is 23.9 Å². The summed E-state index contributed by atoms with van der Waals surface area (Å²) >= 11 is 0. The summed E-state index contributed by atoms with van der Waals surface area (Å²) < 4.78 is 5.26. The van der Waals surface area contributed by atoms with Crippen LogP contribution in [0.15, 0.2) is 65.5 Å². The van der Waals surface area contributed by atoms with E-state index in [2.05, 4.69) is 10.3 Å². The summed E-state index contributed by atoms with van der Waals surface area (Å²) in [6.07, 6.45) is 2.38. The Morgan fingerprint density at radius 2 is 2.06 bits per heavy atom. The summed E-state index contributed by atoms with van der Waals surface area (Å²) in [6.45, 7) is 0.355. The zero-order chi connectivity index (χ0) is 21.8. The summed E-state index contributed by atoms with van der Waals surface area (Å²) in [4.78, 5) is 31.0. The average Bonchev–Trinajstić information content (AvgIpc) is 3.47. The van der Waals surface area contributed by atoms with Crippen LogP contribution in [0.2, 0.25) is 0 Å². The number of likely N-dealkylation sites (tertiary alicyclic amines) is 1. The van der Waals surface area contributed by atoms with Crippen molar-refractivity contribution < 1.29 is 19.1 Å². The van der Waals surface area contributed by atoms with Crippen LogP contribution in [0.4, 0.5) is 0 Å². The van der Waals surface area contributed by atoms with E-state index in [1.807, 2.05) is 30.3 Å². The van der Waals surface area contributed by atoms with Crippen LogP contribution in [0.1, 0.15) is 27.9 Å². The number of nitriles is 1. The smallest absolute Gasteiger partial charge is 0.254 e. The third-order valence-corrected chi connectivity index (χ3v) is 5.22. The van der Waals surface area contributed by atoms with Crippen LogP contribution >= 0.6 is 0 Å². The topological polar surface area (TPSA) is 119 Å². The molecule has 2 heterocycles. The number of nitrogens with one attached hydrogen (secondary N) is 1. The zero-order valence-corrected chi connectivity index (χ0v) is 16.6. The summed E-state index contributed by atoms with van der Waals surface area (Å²) in [6, 6.07) is 15.0. The lowest BCUT2D eigenvalue weighted by molar-refractivity contribution is -0.125. The molecular formula is C23H20N4O4. The number of β-amino-alcohol motifs (C(OH)–C–C–N with tert-alkyl or cyclic N) is 1. The Morgan fingerprint density at radius 3 is 2.77 bits per heavy atom. The number of hydrogen-bond acceptors (Lipinski definition) is 6. The second kappa shape index (κ2) is 8.81. The number of rotatable bonds is 5. The first-order chi connectivity index (χ1) is 15.0. The zero-order valence-electron chi connectivity index (χ0n) is 16.6. The molecule has 3 aromatic rings. The van der Waals surface area contributed by atoms with E-state index in [1.54, 1.807) is 24.4 Å². The molecule has 0 bridgehead atoms. The third-order valence-electron chi connectivity index (χ3n) is 5.22. The maximum absolute atomic E-state index is 12.9. The maximum atomic E-state index is 12.9. The average molecular weight is 416 g/mol. The quantitative estimate of drug-likeness (QED) is 0.657. The number of amides is 2. The molecule has 156 valence electrons. The second-order valence-corrected chi connectivity index (χ2v) is 7.34. The molecule has 8 nitrogen and oxygen atoms in total. The standard InChI is InChI=1S/C23H20N4O4/c24-10-16-2-1-3-18(8-16)23(30)27-13-19(28)9-20(27)22(29)26-11-15-4-6-17(7-5-15)21-12-25-14-31-21/h1-8,12,14,19-20,28H,9,11,13H2,(H,26,29). The number of carbonyl (C=O) groups is 2. The highest BCUT2D eigenvalue weighted by molar-refractivity contribution is 5.98. The van der Waals surface area contributed by atoms with Gasteiger partial charge >= 0.3 is 0 Å². The Labute approximate surface area is 178 Å². The highest BCUT2D eigenvalue weighted by atomic mass is 16.3. The normalized spacial score (nSPS) is 17.9. The van der Waals surface area contributed by atoms with Crippen molar-refractivity contribution in [1.29, 1.82) is 5.26 Å². The van der Waals surface area contributed by atoms with E-state index in [-0.39, 0.29) is 31.3 Å². The van der Waals surface area contributed by atoms with E-state index >= 15 is 0 Å². The minimum Gasteiger partial charge on any atom is -0.444 e. The lowest BCUT2D eigenvalue weighted by Crippen LogP contribution is -2.45. The highest BCUT2D eigenvalue weighted by Gasteiger charge is 2.39. The van der Waals surface area contributed by atoms with E-state index in [4.69, 9.17) is 9.68 Å². The molecule has 0 saturated carbocycles. The first-order valence-electron chi connectivity index (χ1n) is 9.80. The predicted octanol–water partition coefficient (Wildman–Crippen LogP) is 2.11. The molecule has 0 radical (unpaired) electrons. The van der Waals surface area contributed by atoms with Crippen molar-refractivity contribution in [3.63, 3.8) is 0 Å². The number of carbonyl (C=O) groups excluding carboxylic acids is 2. The monoisotopic (exact) mass is 416 g/mol. The van der Waals surface area contributed by atoms with Gasteiger partial charge in [0.25, 0.3) is 5.91 Å². The lowest BCUT2D eigenvalue weighted by atomic mass is 10.1. The Morgan fingerprint density at radius 1 is 1.26 bits per heavy atom. The number of hydrogen-bond donors (Lipinski definition) is 2. The van der Waals surface area contributed by atoms with E-state index in [9.17, 15) is 14.7 Å². The van der Waals surface area contributed by atoms with Gasteiger partial charge < -0.3 is 19.7 Å². The number of aliphatic hydroxyl groups is 1. The summed E-state index contributed by atoms with van der Waals surface area (Å²) in [7, 11) is 0. The molecule has 0 spiro atoms. The summed E-state index contributed by atoms with van der Waals surface area (Å²) in [5.41, 5.74) is 2.44. The fourth-order valence-electron chi connectivity index (χ4n) is 3.63. The van der Waals surface area contributed by atoms with Crippen molar-refractivity contribution in [1.82, 2.24) is 15.2 Å². The fraction of sp³-hybridized carbons (Fsp3) is 0.217. The third kappa shape index (κ3) is 4.47. The minimum atomic E-state index is -0.778. The Hall–Kier alpha value is -3.96. The van der Waals surface area contributed by atoms with Gasteiger partial charge in [0.2, 0.25) is 5.91 Å². The Balaban J connectivity index is 1.42. The van der Waals surface area contributed by atoms with Gasteiger partial charge in [0.1, 0.15) is 6.04 Å². The van der Waals surface area contributed by atoms with Gasteiger partial charge in [-0.15, -0.1) is 0 Å². The molecule has 1 aliphatic heterocycles. The number of aliphatic hydroxyl groups excluding tert-OH is 1. The van der Waals surface area contributed by atoms with E-state index in [0.29, 0.717) is 16.9 Å². The van der Waals surface area contributed by atoms with Gasteiger partial charge in [-0.05, 0) is 23.8 Å². The van der Waals surface area contributed by atoms with Crippen molar-refractivity contribution in [2.45, 2.75) is 25.1 Å². The molecule has 0 aliphatic carbocycles. The molecule has 2 amide bonds. The molecule has 1 aromatic heterocycles. The van der Waals surface area contributed by atoms with Crippen LogP contribution in [0.5, 0.6) is 0 Å². The van der Waals surface area contributed by atoms with E-state index < -0.39 is 12.1 Å². The molecule has 1 fully saturated rings. The SMILES string of the molecule is N#Cc1cccc(C(=O)N2CC(O)CC2C(=O)NCc2ccc(-c3cnco3)cc2)c1. The van der Waals surface area contributed by atoms with Crippen LogP contribution in [-0.2, 0) is 11.3 Å². The predicted molar refractivity (Wildman–Crippen MR) is 110 cm³/mol. The molecule has 31 heavy (non-hydrogen) atoms. The minimum absolute atomic E-state index is 0.0690. The van der Waals surface area contributed by atoms with Gasteiger partial charge in [0, 0.05) is 30.6 Å². The first-order valence-corrected chi connectivity index (χ1v) is 9.80. The van der Waals surface area contributed by atoms with Crippen LogP contribution in [-0.4, -0.2) is 45.5 Å². The number of oxazole rings is 1. The number of nitrogens with zero attached hydrogens (tertiary/aromatic N) is 3. The number of aromatic nitrogens is 1. The molecule has 1 aliphatic rings. The van der Waals surface area contributed by atoms with Gasteiger partial charge in [-0.3, -0.25) is 9.59 Å². The molecule has 2 aromatic carbocycles.